The maximum atomic E-state index is 8.75. The van der Waals surface area contributed by atoms with Crippen LogP contribution < -0.4 is 4.40 Å². The van der Waals surface area contributed by atoms with Crippen LogP contribution in [-0.2, 0) is 20.1 Å². The van der Waals surface area contributed by atoms with Crippen LogP contribution in [-0.4, -0.2) is 23.2 Å². The average molecular weight is 870 g/mol. The molecule has 0 fully saturated rings. The van der Waals surface area contributed by atoms with Gasteiger partial charge in [-0.3, -0.25) is 0 Å². The molecule has 0 aliphatic rings. The van der Waals surface area contributed by atoms with Crippen LogP contribution in [0.4, 0.5) is 0 Å². The van der Waals surface area contributed by atoms with Crippen molar-refractivity contribution in [2.45, 2.75) is 56.8 Å². The minimum atomic E-state index is -1.72. The first kappa shape index (κ1) is 32.7. The molecular formula is C43H42GeIrN2O-2. The number of aromatic nitrogens is 2. The molecule has 3 aromatic heterocycles. The average Bonchev–Trinajstić information content (AvgIpc) is 3.45. The Morgan fingerprint density at radius 2 is 1.48 bits per heavy atom. The van der Waals surface area contributed by atoms with Crippen LogP contribution in [0.1, 0.15) is 53.4 Å². The molecule has 48 heavy (non-hydrogen) atoms. The van der Waals surface area contributed by atoms with Gasteiger partial charge in [-0.2, -0.15) is 0 Å². The summed E-state index contributed by atoms with van der Waals surface area (Å²) in [5, 5.41) is 1.95. The molecule has 0 spiro atoms. The molecule has 245 valence electrons. The monoisotopic (exact) mass is 871 g/mol. The fourth-order valence-corrected chi connectivity index (χ4v) is 7.74. The smallest absolute Gasteiger partial charge is 0 e. The number of hydrogen-bond acceptors (Lipinski definition) is 3. The molecule has 0 amide bonds. The Bertz CT molecular complexity index is 2220. The molecule has 0 bridgehead atoms. The minimum Gasteiger partial charge on any atom is 0 e. The van der Waals surface area contributed by atoms with E-state index in [1.807, 2.05) is 101 Å². The Labute approximate surface area is 304 Å². The predicted octanol–water partition coefficient (Wildman–Crippen LogP) is 11.5. The molecule has 0 aliphatic carbocycles. The topological polar surface area (TPSA) is 38.9 Å². The van der Waals surface area contributed by atoms with Crippen LogP contribution in [0, 0.1) is 12.1 Å². The molecule has 0 atom stereocenters. The normalized spacial score (nSPS) is 12.5. The molecule has 0 N–H and O–H groups in total. The third kappa shape index (κ3) is 7.89. The number of hydrogen-bond donors (Lipinski definition) is 0. The van der Waals surface area contributed by atoms with E-state index in [4.69, 9.17) is 7.16 Å². The molecule has 0 aliphatic heterocycles. The first-order valence-corrected chi connectivity index (χ1v) is 23.4. The number of benzene rings is 4. The fraction of sp³-hybridized carbons (Fsp3) is 0.209. The minimum absolute atomic E-state index is 0. The van der Waals surface area contributed by atoms with Gasteiger partial charge in [0.1, 0.15) is 5.58 Å². The SMILES string of the molecule is [2H]C(C)(C)c1ccnc(-c2[c-]cc3c(c2)oc2c(C([2H])(C)C)cc(-c4ccccc4)cc23)c1.[CH3][Ge]([CH3])([CH3])[c]1ccc(-c2[c-]cccc2)nc1.[Ir]. The van der Waals surface area contributed by atoms with Crippen molar-refractivity contribution in [3.05, 3.63) is 139 Å². The summed E-state index contributed by atoms with van der Waals surface area (Å²) in [6, 6.07) is 41.0. The third-order valence-electron chi connectivity index (χ3n) is 8.38. The van der Waals surface area contributed by atoms with Crippen LogP contribution in [0.15, 0.2) is 120 Å². The fourth-order valence-electron chi connectivity index (χ4n) is 5.57. The molecule has 7 rings (SSSR count). The molecule has 5 heteroatoms. The Morgan fingerprint density at radius 3 is 2.12 bits per heavy atom. The van der Waals surface area contributed by atoms with Gasteiger partial charge in [0.15, 0.2) is 0 Å². The summed E-state index contributed by atoms with van der Waals surface area (Å²) in [5.41, 5.74) is 9.08. The van der Waals surface area contributed by atoms with Gasteiger partial charge in [0, 0.05) is 29.0 Å². The summed E-state index contributed by atoms with van der Waals surface area (Å²) in [5.74, 6) is 5.62. The van der Waals surface area contributed by atoms with Gasteiger partial charge >= 0.3 is 99.8 Å². The van der Waals surface area contributed by atoms with Gasteiger partial charge < -0.3 is 9.40 Å². The second-order valence-corrected chi connectivity index (χ2v) is 24.0. The van der Waals surface area contributed by atoms with Gasteiger partial charge in [0.05, 0.1) is 5.58 Å². The molecule has 1 radical (unpaired) electrons. The summed E-state index contributed by atoms with van der Waals surface area (Å²) in [4.78, 5) is 9.04. The van der Waals surface area contributed by atoms with E-state index >= 15 is 0 Å². The van der Waals surface area contributed by atoms with Gasteiger partial charge in [0.25, 0.3) is 0 Å². The van der Waals surface area contributed by atoms with Crippen molar-refractivity contribution >= 4 is 39.6 Å². The van der Waals surface area contributed by atoms with E-state index in [2.05, 4.69) is 75.8 Å². The van der Waals surface area contributed by atoms with Gasteiger partial charge in [-0.15, -0.1) is 17.7 Å². The van der Waals surface area contributed by atoms with Crippen molar-refractivity contribution in [2.24, 2.45) is 0 Å². The van der Waals surface area contributed by atoms with Gasteiger partial charge in [-0.1, -0.05) is 87.2 Å². The summed E-state index contributed by atoms with van der Waals surface area (Å²) in [6.45, 7) is 7.51. The maximum absolute atomic E-state index is 8.75. The molecule has 4 aromatic carbocycles. The number of rotatable bonds is 6. The molecule has 3 nitrogen and oxygen atoms in total. The van der Waals surface area contributed by atoms with E-state index in [-0.39, 0.29) is 20.1 Å². The number of pyridine rings is 2. The van der Waals surface area contributed by atoms with Gasteiger partial charge in [-0.25, -0.2) is 0 Å². The number of furan rings is 1. The molecular weight excluding hydrogens is 825 g/mol. The quantitative estimate of drug-likeness (QED) is 0.123. The molecule has 0 saturated carbocycles. The van der Waals surface area contributed by atoms with Gasteiger partial charge in [-0.05, 0) is 51.7 Å². The summed E-state index contributed by atoms with van der Waals surface area (Å²) in [7, 11) is 0. The summed E-state index contributed by atoms with van der Waals surface area (Å²) >= 11 is -1.72. The molecule has 3 heterocycles. The van der Waals surface area contributed by atoms with Crippen LogP contribution in [0.3, 0.4) is 0 Å². The third-order valence-corrected chi connectivity index (χ3v) is 12.6. The van der Waals surface area contributed by atoms with E-state index in [1.165, 1.54) is 4.40 Å². The van der Waals surface area contributed by atoms with E-state index in [1.54, 1.807) is 6.20 Å². The maximum Gasteiger partial charge on any atom is 0 e. The van der Waals surface area contributed by atoms with Crippen LogP contribution in [0.25, 0.3) is 55.6 Å². The Balaban J connectivity index is 0.000000241. The van der Waals surface area contributed by atoms with Gasteiger partial charge in [0.2, 0.25) is 0 Å². The van der Waals surface area contributed by atoms with E-state index in [0.717, 1.165) is 66.7 Å². The second kappa shape index (κ2) is 15.2. The number of nitrogens with zero attached hydrogens (tertiary/aromatic N) is 2. The standard InChI is InChI=1S/C29H26NO.C14H16GeN.Ir/c1-18(2)21-12-13-30-27(16-21)22-10-11-24-26-15-23(20-8-6-5-7-9-20)14-25(19(3)4)29(26)31-28(24)17-22;1-15(2,3)13-9-10-14(16-11-13)12-7-5-4-6-8-12;/h5-9,11-19H,1-4H3;4-7,9-11H,1-3H3;/q2*-1;/i18D,19D;;. The Kier molecular flexibility index (Phi) is 10.3. The largest absolute Gasteiger partial charge is 0 e. The van der Waals surface area contributed by atoms with Crippen molar-refractivity contribution in [1.29, 1.82) is 0 Å². The Morgan fingerprint density at radius 1 is 0.708 bits per heavy atom. The molecule has 0 unspecified atom stereocenters. The van der Waals surface area contributed by atoms with Crippen molar-refractivity contribution in [3.8, 4) is 33.6 Å². The van der Waals surface area contributed by atoms with E-state index in [0.29, 0.717) is 0 Å². The first-order chi connectivity index (χ1) is 23.2. The van der Waals surface area contributed by atoms with E-state index < -0.39 is 25.1 Å². The van der Waals surface area contributed by atoms with E-state index in [9.17, 15) is 0 Å². The molecule has 0 saturated heterocycles. The van der Waals surface area contributed by atoms with Crippen molar-refractivity contribution < 1.29 is 27.3 Å². The van der Waals surface area contributed by atoms with Crippen LogP contribution in [0.5, 0.6) is 0 Å². The van der Waals surface area contributed by atoms with Crippen LogP contribution in [0.2, 0.25) is 17.3 Å². The molecule has 7 aromatic rings. The number of fused-ring (bicyclic) bond motifs is 3. The summed E-state index contributed by atoms with van der Waals surface area (Å²) < 4.78 is 24.9. The first-order valence-electron chi connectivity index (χ1n) is 17.1. The zero-order valence-corrected chi connectivity index (χ0v) is 33.1. The van der Waals surface area contributed by atoms with Crippen molar-refractivity contribution in [3.63, 3.8) is 0 Å². The van der Waals surface area contributed by atoms with Crippen LogP contribution >= 0.6 is 0 Å². The Hall–Kier alpha value is -3.83. The summed E-state index contributed by atoms with van der Waals surface area (Å²) in [6.07, 6.45) is 3.78. The predicted molar refractivity (Wildman–Crippen MR) is 201 cm³/mol. The van der Waals surface area contributed by atoms with Crippen molar-refractivity contribution in [1.82, 2.24) is 9.97 Å². The zero-order chi connectivity index (χ0) is 35.0. The second-order valence-electron chi connectivity index (χ2n) is 13.4. The zero-order valence-electron chi connectivity index (χ0n) is 30.6. The van der Waals surface area contributed by atoms with Crippen molar-refractivity contribution in [2.75, 3.05) is 0 Å².